The zero-order valence-electron chi connectivity index (χ0n) is 12.2. The van der Waals surface area contributed by atoms with Gasteiger partial charge in [0.05, 0.1) is 5.57 Å². The van der Waals surface area contributed by atoms with Gasteiger partial charge in [0, 0.05) is 17.2 Å². The molecule has 1 aliphatic carbocycles. The van der Waals surface area contributed by atoms with Gasteiger partial charge in [-0.3, -0.25) is 5.10 Å². The second kappa shape index (κ2) is 5.65. The largest absolute Gasteiger partial charge is 0.420 e. The lowest BCUT2D eigenvalue weighted by atomic mass is 9.75. The highest BCUT2D eigenvalue weighted by molar-refractivity contribution is 5.50. The maximum absolute atomic E-state index is 9.52. The summed E-state index contributed by atoms with van der Waals surface area (Å²) in [6.07, 6.45) is 9.66. The van der Waals surface area contributed by atoms with E-state index in [-0.39, 0.29) is 11.8 Å². The molecule has 0 aromatic carbocycles. The number of aromatic amines is 1. The van der Waals surface area contributed by atoms with Crippen LogP contribution >= 0.6 is 0 Å². The molecule has 2 aliphatic rings. The van der Waals surface area contributed by atoms with Gasteiger partial charge in [0.1, 0.15) is 6.07 Å². The number of H-pyrrole nitrogens is 1. The molecule has 0 bridgehead atoms. The molecular weight excluding hydrogens is 264 g/mol. The standard InChI is InChI=1S/C16H20N4O/c1-2-6-12-14-13(10-7-4-3-5-8-10)11(9-17)15(18)21-16(14)20-19-12/h4,7,10,13H,2-3,5-6,8,18H2,1H3,(H,19,20)/t10-,13+/m1/s1. The van der Waals surface area contributed by atoms with Crippen molar-refractivity contribution in [2.24, 2.45) is 11.7 Å². The van der Waals surface area contributed by atoms with Crippen LogP contribution in [0.2, 0.25) is 0 Å². The van der Waals surface area contributed by atoms with Crippen LogP contribution in [0.25, 0.3) is 0 Å². The Balaban J connectivity index is 2.09. The maximum atomic E-state index is 9.52. The van der Waals surface area contributed by atoms with E-state index in [4.69, 9.17) is 10.5 Å². The van der Waals surface area contributed by atoms with Crippen molar-refractivity contribution < 1.29 is 4.74 Å². The molecule has 0 spiro atoms. The third kappa shape index (κ3) is 2.31. The Hall–Kier alpha value is -2.22. The minimum atomic E-state index is -0.0319. The molecule has 0 unspecified atom stereocenters. The van der Waals surface area contributed by atoms with Crippen molar-refractivity contribution in [3.8, 4) is 11.9 Å². The van der Waals surface area contributed by atoms with Crippen molar-refractivity contribution >= 4 is 0 Å². The highest BCUT2D eigenvalue weighted by atomic mass is 16.5. The molecule has 0 saturated carbocycles. The van der Waals surface area contributed by atoms with E-state index < -0.39 is 0 Å². The lowest BCUT2D eigenvalue weighted by Crippen LogP contribution is -2.25. The Morgan fingerprint density at radius 2 is 2.43 bits per heavy atom. The molecule has 1 aliphatic heterocycles. The normalized spacial score (nSPS) is 24.4. The number of rotatable bonds is 3. The fourth-order valence-electron chi connectivity index (χ4n) is 3.33. The third-order valence-electron chi connectivity index (χ3n) is 4.28. The van der Waals surface area contributed by atoms with Gasteiger partial charge in [0.25, 0.3) is 0 Å². The molecule has 110 valence electrons. The molecule has 3 rings (SSSR count). The zero-order valence-corrected chi connectivity index (χ0v) is 12.2. The average Bonchev–Trinajstić information content (AvgIpc) is 2.89. The number of hydrogen-bond donors (Lipinski definition) is 2. The van der Waals surface area contributed by atoms with Gasteiger partial charge < -0.3 is 10.5 Å². The highest BCUT2D eigenvalue weighted by Gasteiger charge is 2.37. The molecule has 0 saturated heterocycles. The van der Waals surface area contributed by atoms with E-state index in [1.807, 2.05) is 0 Å². The maximum Gasteiger partial charge on any atom is 0.243 e. The first-order chi connectivity index (χ1) is 10.3. The summed E-state index contributed by atoms with van der Waals surface area (Å²) in [5.41, 5.74) is 8.57. The zero-order chi connectivity index (χ0) is 14.8. The van der Waals surface area contributed by atoms with E-state index in [9.17, 15) is 5.26 Å². The Morgan fingerprint density at radius 1 is 1.57 bits per heavy atom. The molecule has 0 fully saturated rings. The van der Waals surface area contributed by atoms with Crippen LogP contribution in [0.3, 0.4) is 0 Å². The van der Waals surface area contributed by atoms with Crippen molar-refractivity contribution in [3.63, 3.8) is 0 Å². The molecule has 0 radical (unpaired) electrons. The molecule has 2 atom stereocenters. The van der Waals surface area contributed by atoms with Crippen LogP contribution in [0, 0.1) is 17.2 Å². The van der Waals surface area contributed by atoms with Crippen molar-refractivity contribution in [3.05, 3.63) is 34.9 Å². The predicted octanol–water partition coefficient (Wildman–Crippen LogP) is 2.89. The van der Waals surface area contributed by atoms with Gasteiger partial charge in [-0.25, -0.2) is 0 Å². The predicted molar refractivity (Wildman–Crippen MR) is 79.3 cm³/mol. The van der Waals surface area contributed by atoms with Gasteiger partial charge in [-0.2, -0.15) is 5.26 Å². The van der Waals surface area contributed by atoms with Gasteiger partial charge in [-0.05, 0) is 31.6 Å². The van der Waals surface area contributed by atoms with Crippen LogP contribution in [0.5, 0.6) is 5.88 Å². The van der Waals surface area contributed by atoms with Crippen LogP contribution < -0.4 is 10.5 Å². The molecule has 1 aromatic rings. The fraction of sp³-hybridized carbons (Fsp3) is 0.500. The molecule has 5 heteroatoms. The number of aryl methyl sites for hydroxylation is 1. The Labute approximate surface area is 124 Å². The number of fused-ring (bicyclic) bond motifs is 1. The molecule has 0 amide bonds. The number of ether oxygens (including phenoxy) is 1. The minimum Gasteiger partial charge on any atom is -0.420 e. The van der Waals surface area contributed by atoms with Crippen molar-refractivity contribution in [1.82, 2.24) is 10.2 Å². The third-order valence-corrected chi connectivity index (χ3v) is 4.28. The van der Waals surface area contributed by atoms with E-state index in [2.05, 4.69) is 35.3 Å². The first kappa shape index (κ1) is 13.7. The number of allylic oxidation sites excluding steroid dienone is 3. The van der Waals surface area contributed by atoms with Crippen LogP contribution in [0.15, 0.2) is 23.6 Å². The van der Waals surface area contributed by atoms with E-state index in [1.165, 1.54) is 0 Å². The number of nitrogens with zero attached hydrogens (tertiary/aromatic N) is 2. The lowest BCUT2D eigenvalue weighted by Gasteiger charge is -2.30. The van der Waals surface area contributed by atoms with E-state index in [0.29, 0.717) is 17.4 Å². The number of nitrogens with one attached hydrogen (secondary N) is 1. The van der Waals surface area contributed by atoms with Crippen molar-refractivity contribution in [2.75, 3.05) is 0 Å². The van der Waals surface area contributed by atoms with Gasteiger partial charge in [0.15, 0.2) is 0 Å². The first-order valence-electron chi connectivity index (χ1n) is 7.57. The van der Waals surface area contributed by atoms with Crippen molar-refractivity contribution in [2.45, 2.75) is 44.9 Å². The number of hydrogen-bond acceptors (Lipinski definition) is 4. The Bertz CT molecular complexity index is 635. The summed E-state index contributed by atoms with van der Waals surface area (Å²) >= 11 is 0. The summed E-state index contributed by atoms with van der Waals surface area (Å²) in [4.78, 5) is 0. The summed E-state index contributed by atoms with van der Waals surface area (Å²) in [7, 11) is 0. The van der Waals surface area contributed by atoms with E-state index in [1.54, 1.807) is 0 Å². The fourth-order valence-corrected chi connectivity index (χ4v) is 3.33. The second-order valence-electron chi connectivity index (χ2n) is 5.66. The quantitative estimate of drug-likeness (QED) is 0.835. The number of nitrogens with two attached hydrogens (primary N) is 1. The Kier molecular flexibility index (Phi) is 3.70. The smallest absolute Gasteiger partial charge is 0.243 e. The topological polar surface area (TPSA) is 87.7 Å². The van der Waals surface area contributed by atoms with Crippen LogP contribution in [-0.4, -0.2) is 10.2 Å². The number of aromatic nitrogens is 2. The van der Waals surface area contributed by atoms with Crippen LogP contribution in [0.1, 0.15) is 49.8 Å². The molecule has 21 heavy (non-hydrogen) atoms. The second-order valence-corrected chi connectivity index (χ2v) is 5.66. The molecule has 1 aromatic heterocycles. The highest BCUT2D eigenvalue weighted by Crippen LogP contribution is 2.46. The first-order valence-corrected chi connectivity index (χ1v) is 7.57. The monoisotopic (exact) mass is 284 g/mol. The van der Waals surface area contributed by atoms with E-state index >= 15 is 0 Å². The SMILES string of the molecule is CCCc1[nH]nc2c1[C@@H]([C@@H]1C=CCCC1)C(C#N)=C(N)O2. The minimum absolute atomic E-state index is 0.0319. The van der Waals surface area contributed by atoms with Crippen molar-refractivity contribution in [1.29, 1.82) is 5.26 Å². The molecular formula is C16H20N4O. The summed E-state index contributed by atoms with van der Waals surface area (Å²) in [5.74, 6) is 1.00. The Morgan fingerprint density at radius 3 is 3.10 bits per heavy atom. The molecule has 5 nitrogen and oxygen atoms in total. The number of nitriles is 1. The summed E-state index contributed by atoms with van der Waals surface area (Å²) in [6, 6.07) is 2.26. The molecule has 3 N–H and O–H groups in total. The lowest BCUT2D eigenvalue weighted by molar-refractivity contribution is 0.354. The van der Waals surface area contributed by atoms with Gasteiger partial charge in [-0.1, -0.05) is 25.5 Å². The summed E-state index contributed by atoms with van der Waals surface area (Å²) < 4.78 is 5.55. The van der Waals surface area contributed by atoms with Crippen LogP contribution in [-0.2, 0) is 6.42 Å². The summed E-state index contributed by atoms with van der Waals surface area (Å²) in [6.45, 7) is 2.13. The van der Waals surface area contributed by atoms with Crippen LogP contribution in [0.4, 0.5) is 0 Å². The van der Waals surface area contributed by atoms with E-state index in [0.717, 1.165) is 43.4 Å². The van der Waals surface area contributed by atoms with Gasteiger partial charge in [0.2, 0.25) is 11.8 Å². The summed E-state index contributed by atoms with van der Waals surface area (Å²) in [5, 5.41) is 16.8. The molecule has 2 heterocycles. The van der Waals surface area contributed by atoms with Gasteiger partial charge in [-0.15, -0.1) is 5.10 Å². The van der Waals surface area contributed by atoms with Gasteiger partial charge >= 0.3 is 0 Å². The average molecular weight is 284 g/mol.